The molecule has 3 N–H and O–H groups in total. The van der Waals surface area contributed by atoms with Gasteiger partial charge in [0, 0.05) is 24.0 Å². The van der Waals surface area contributed by atoms with E-state index in [9.17, 15) is 18.3 Å². The molecule has 182 valence electrons. The van der Waals surface area contributed by atoms with Crippen molar-refractivity contribution in [2.45, 2.75) is 51.7 Å². The molecule has 0 amide bonds. The van der Waals surface area contributed by atoms with Crippen LogP contribution in [0.2, 0.25) is 0 Å². The number of benzene rings is 1. The smallest absolute Gasteiger partial charge is 0.298 e. The highest BCUT2D eigenvalue weighted by Gasteiger charge is 2.35. The summed E-state index contributed by atoms with van der Waals surface area (Å²) in [6.07, 6.45) is 1.03. The fraction of sp³-hybridized carbons (Fsp3) is 0.458. The standard InChI is InChI=1S/C24H28F3N5O2/c1-13(17-5-4-6-19(21(17)25)24(26,27)12-33)29-23-18-11-20(32-9-7-16(34)8-10-32)14(2)28-22(18)15(3)30-31-23/h4-6,11,13,16,33-34H,7-10,12H2,1-3H3,(H,29,31)/t13-/m1/s1. The van der Waals surface area contributed by atoms with Gasteiger partial charge in [0.25, 0.3) is 5.92 Å². The van der Waals surface area contributed by atoms with E-state index in [0.29, 0.717) is 48.3 Å². The summed E-state index contributed by atoms with van der Waals surface area (Å²) in [4.78, 5) is 6.90. The molecule has 1 saturated heterocycles. The van der Waals surface area contributed by atoms with E-state index < -0.39 is 30.0 Å². The molecule has 0 unspecified atom stereocenters. The highest BCUT2D eigenvalue weighted by atomic mass is 19.3. The van der Waals surface area contributed by atoms with Crippen LogP contribution in [0.4, 0.5) is 24.7 Å². The quantitative estimate of drug-likeness (QED) is 0.496. The Hall–Kier alpha value is -2.98. The summed E-state index contributed by atoms with van der Waals surface area (Å²) in [5.41, 5.74) is 2.18. The second kappa shape index (κ2) is 9.34. The number of aliphatic hydroxyl groups is 2. The number of alkyl halides is 2. The van der Waals surface area contributed by atoms with Crippen LogP contribution in [0.25, 0.3) is 10.9 Å². The summed E-state index contributed by atoms with van der Waals surface area (Å²) >= 11 is 0. The van der Waals surface area contributed by atoms with E-state index in [-0.39, 0.29) is 11.7 Å². The minimum atomic E-state index is -3.69. The Bertz CT molecular complexity index is 1200. The first-order valence-corrected chi connectivity index (χ1v) is 11.2. The Balaban J connectivity index is 1.72. The highest BCUT2D eigenvalue weighted by molar-refractivity contribution is 5.93. The van der Waals surface area contributed by atoms with E-state index in [0.717, 1.165) is 17.4 Å². The molecule has 0 radical (unpaired) electrons. The number of hydrogen-bond acceptors (Lipinski definition) is 7. The van der Waals surface area contributed by atoms with Gasteiger partial charge in [-0.1, -0.05) is 12.1 Å². The van der Waals surface area contributed by atoms with Crippen molar-refractivity contribution in [3.05, 3.63) is 52.6 Å². The molecule has 1 fully saturated rings. The Labute approximate surface area is 195 Å². The molecule has 3 aromatic rings. The van der Waals surface area contributed by atoms with Gasteiger partial charge in [0.2, 0.25) is 0 Å². The monoisotopic (exact) mass is 475 g/mol. The summed E-state index contributed by atoms with van der Waals surface area (Å²) in [5.74, 6) is -4.40. The zero-order valence-corrected chi connectivity index (χ0v) is 19.3. The maximum Gasteiger partial charge on any atom is 0.298 e. The first-order valence-electron chi connectivity index (χ1n) is 11.2. The lowest BCUT2D eigenvalue weighted by molar-refractivity contribution is -0.0583. The molecule has 0 aliphatic carbocycles. The van der Waals surface area contributed by atoms with E-state index in [1.54, 1.807) is 13.8 Å². The van der Waals surface area contributed by atoms with Gasteiger partial charge < -0.3 is 20.4 Å². The first-order chi connectivity index (χ1) is 16.1. The van der Waals surface area contributed by atoms with Crippen LogP contribution in [-0.4, -0.2) is 51.2 Å². The van der Waals surface area contributed by atoms with Crippen LogP contribution in [0, 0.1) is 19.7 Å². The predicted octanol–water partition coefficient (Wildman–Crippen LogP) is 4.00. The molecule has 7 nitrogen and oxygen atoms in total. The molecule has 4 rings (SSSR count). The molecule has 1 aromatic carbocycles. The van der Waals surface area contributed by atoms with Crippen molar-refractivity contribution < 1.29 is 23.4 Å². The number of nitrogens with zero attached hydrogens (tertiary/aromatic N) is 4. The number of aliphatic hydroxyl groups excluding tert-OH is 2. The van der Waals surface area contributed by atoms with Crippen LogP contribution in [0.3, 0.4) is 0 Å². The van der Waals surface area contributed by atoms with Crippen molar-refractivity contribution in [3.8, 4) is 0 Å². The summed E-state index contributed by atoms with van der Waals surface area (Å²) in [6.45, 7) is 5.27. The molecule has 1 atom stereocenters. The van der Waals surface area contributed by atoms with E-state index in [1.165, 1.54) is 12.1 Å². The molecular formula is C24H28F3N5O2. The summed E-state index contributed by atoms with van der Waals surface area (Å²) in [5, 5.41) is 31.0. The lowest BCUT2D eigenvalue weighted by Crippen LogP contribution is -2.36. The first kappa shape index (κ1) is 24.2. The molecule has 0 bridgehead atoms. The van der Waals surface area contributed by atoms with Crippen LogP contribution in [-0.2, 0) is 5.92 Å². The number of hydrogen-bond donors (Lipinski definition) is 3. The minimum absolute atomic E-state index is 0.0199. The van der Waals surface area contributed by atoms with Crippen LogP contribution in [0.1, 0.15) is 48.3 Å². The number of fused-ring (bicyclic) bond motifs is 1. The Morgan fingerprint density at radius 2 is 1.88 bits per heavy atom. The molecule has 1 aliphatic rings. The van der Waals surface area contributed by atoms with E-state index in [4.69, 9.17) is 10.1 Å². The van der Waals surface area contributed by atoms with Gasteiger partial charge in [0.15, 0.2) is 5.82 Å². The largest absolute Gasteiger partial charge is 0.393 e. The maximum absolute atomic E-state index is 15.0. The summed E-state index contributed by atoms with van der Waals surface area (Å²) in [7, 11) is 0. The molecule has 3 heterocycles. The number of pyridine rings is 1. The van der Waals surface area contributed by atoms with Crippen molar-refractivity contribution >= 4 is 22.4 Å². The lowest BCUT2D eigenvalue weighted by Gasteiger charge is -2.32. The number of piperidine rings is 1. The third-order valence-electron chi connectivity index (χ3n) is 6.33. The average Bonchev–Trinajstić information content (AvgIpc) is 2.81. The normalized spacial score (nSPS) is 16.2. The van der Waals surface area contributed by atoms with Crippen molar-refractivity contribution in [1.29, 1.82) is 0 Å². The van der Waals surface area contributed by atoms with Gasteiger partial charge in [-0.15, -0.1) is 5.10 Å². The third-order valence-corrected chi connectivity index (χ3v) is 6.33. The topological polar surface area (TPSA) is 94.4 Å². The Morgan fingerprint density at radius 3 is 2.56 bits per heavy atom. The predicted molar refractivity (Wildman–Crippen MR) is 124 cm³/mol. The number of aromatic nitrogens is 3. The number of aryl methyl sites for hydroxylation is 2. The Kier molecular flexibility index (Phi) is 6.64. The summed E-state index contributed by atoms with van der Waals surface area (Å²) in [6, 6.07) is 4.96. The summed E-state index contributed by atoms with van der Waals surface area (Å²) < 4.78 is 43.0. The molecule has 10 heteroatoms. The number of anilines is 2. The van der Waals surface area contributed by atoms with Gasteiger partial charge in [-0.2, -0.15) is 13.9 Å². The molecule has 34 heavy (non-hydrogen) atoms. The average molecular weight is 476 g/mol. The molecular weight excluding hydrogens is 447 g/mol. The van der Waals surface area contributed by atoms with Gasteiger partial charge >= 0.3 is 0 Å². The van der Waals surface area contributed by atoms with Gasteiger partial charge in [0.05, 0.1) is 40.3 Å². The van der Waals surface area contributed by atoms with Crippen LogP contribution < -0.4 is 10.2 Å². The van der Waals surface area contributed by atoms with Gasteiger partial charge in [-0.05, 0) is 45.7 Å². The Morgan fingerprint density at radius 1 is 1.18 bits per heavy atom. The van der Waals surface area contributed by atoms with Crippen molar-refractivity contribution in [1.82, 2.24) is 15.2 Å². The molecule has 1 aliphatic heterocycles. The highest BCUT2D eigenvalue weighted by Crippen LogP contribution is 2.35. The molecule has 0 saturated carbocycles. The fourth-order valence-electron chi connectivity index (χ4n) is 4.35. The second-order valence-electron chi connectivity index (χ2n) is 8.78. The number of halogens is 3. The van der Waals surface area contributed by atoms with E-state index >= 15 is 0 Å². The third kappa shape index (κ3) is 4.52. The van der Waals surface area contributed by atoms with Crippen molar-refractivity contribution in [2.75, 3.05) is 29.9 Å². The number of rotatable bonds is 6. The van der Waals surface area contributed by atoms with Crippen LogP contribution in [0.15, 0.2) is 24.3 Å². The second-order valence-corrected chi connectivity index (χ2v) is 8.78. The van der Waals surface area contributed by atoms with E-state index in [2.05, 4.69) is 20.4 Å². The van der Waals surface area contributed by atoms with Crippen molar-refractivity contribution in [3.63, 3.8) is 0 Å². The van der Waals surface area contributed by atoms with Gasteiger partial charge in [-0.3, -0.25) is 0 Å². The fourth-order valence-corrected chi connectivity index (χ4v) is 4.35. The van der Waals surface area contributed by atoms with Crippen LogP contribution >= 0.6 is 0 Å². The van der Waals surface area contributed by atoms with Gasteiger partial charge in [0.1, 0.15) is 12.4 Å². The maximum atomic E-state index is 15.0. The van der Waals surface area contributed by atoms with Gasteiger partial charge in [-0.25, -0.2) is 9.37 Å². The minimum Gasteiger partial charge on any atom is -0.393 e. The van der Waals surface area contributed by atoms with E-state index in [1.807, 2.05) is 13.0 Å². The molecule has 2 aromatic heterocycles. The lowest BCUT2D eigenvalue weighted by atomic mass is 10.00. The zero-order valence-electron chi connectivity index (χ0n) is 19.3. The molecule has 0 spiro atoms. The SMILES string of the molecule is Cc1nc2c(C)nnc(N[C@H](C)c3cccc(C(F)(F)CO)c3F)c2cc1N1CCC(O)CC1. The number of nitrogens with one attached hydrogen (secondary N) is 1. The zero-order chi connectivity index (χ0) is 24.6. The van der Waals surface area contributed by atoms with Crippen LogP contribution in [0.5, 0.6) is 0 Å². The van der Waals surface area contributed by atoms with Crippen molar-refractivity contribution in [2.24, 2.45) is 0 Å².